The van der Waals surface area contributed by atoms with Gasteiger partial charge in [-0.15, -0.1) is 0 Å². The third-order valence-electron chi connectivity index (χ3n) is 4.21. The SMILES string of the molecule is COc1cc(C)c(N)cc1S(=O)(=O)NCC1CCC(C)C1. The van der Waals surface area contributed by atoms with E-state index in [1.165, 1.54) is 19.6 Å². The lowest BCUT2D eigenvalue weighted by Gasteiger charge is -2.15. The molecule has 6 heteroatoms. The van der Waals surface area contributed by atoms with Gasteiger partial charge in [-0.1, -0.05) is 13.3 Å². The van der Waals surface area contributed by atoms with Crippen LogP contribution in [0.1, 0.15) is 31.7 Å². The van der Waals surface area contributed by atoms with E-state index >= 15 is 0 Å². The summed E-state index contributed by atoms with van der Waals surface area (Å²) >= 11 is 0. The summed E-state index contributed by atoms with van der Waals surface area (Å²) in [5.41, 5.74) is 7.08. The smallest absolute Gasteiger partial charge is 0.244 e. The number of hydrogen-bond donors (Lipinski definition) is 2. The Morgan fingerprint density at radius 1 is 1.38 bits per heavy atom. The Balaban J connectivity index is 2.17. The first-order valence-corrected chi connectivity index (χ1v) is 8.75. The molecule has 3 N–H and O–H groups in total. The lowest BCUT2D eigenvalue weighted by atomic mass is 10.1. The number of sulfonamides is 1. The van der Waals surface area contributed by atoms with Gasteiger partial charge in [0, 0.05) is 12.2 Å². The predicted octanol–water partition coefficient (Wildman–Crippen LogP) is 2.30. The van der Waals surface area contributed by atoms with Crippen molar-refractivity contribution in [2.75, 3.05) is 19.4 Å². The van der Waals surface area contributed by atoms with Crippen LogP contribution in [-0.2, 0) is 10.0 Å². The molecule has 0 radical (unpaired) electrons. The average molecular weight is 312 g/mol. The Morgan fingerprint density at radius 3 is 2.67 bits per heavy atom. The fraction of sp³-hybridized carbons (Fsp3) is 0.600. The summed E-state index contributed by atoms with van der Waals surface area (Å²) in [4.78, 5) is 0.110. The number of methoxy groups -OCH3 is 1. The minimum atomic E-state index is -3.60. The van der Waals surface area contributed by atoms with Crippen molar-refractivity contribution < 1.29 is 13.2 Å². The third-order valence-corrected chi connectivity index (χ3v) is 5.65. The minimum absolute atomic E-state index is 0.110. The van der Waals surface area contributed by atoms with Gasteiger partial charge in [-0.2, -0.15) is 0 Å². The average Bonchev–Trinajstić information content (AvgIpc) is 2.85. The van der Waals surface area contributed by atoms with Crippen molar-refractivity contribution in [2.45, 2.75) is 38.0 Å². The number of hydrogen-bond acceptors (Lipinski definition) is 4. The van der Waals surface area contributed by atoms with Crippen LogP contribution in [0.15, 0.2) is 17.0 Å². The van der Waals surface area contributed by atoms with E-state index in [9.17, 15) is 8.42 Å². The van der Waals surface area contributed by atoms with E-state index in [0.717, 1.165) is 18.4 Å². The van der Waals surface area contributed by atoms with Gasteiger partial charge in [-0.3, -0.25) is 0 Å². The molecule has 1 aliphatic carbocycles. The van der Waals surface area contributed by atoms with E-state index in [1.807, 2.05) is 6.92 Å². The zero-order chi connectivity index (χ0) is 15.6. The first-order valence-electron chi connectivity index (χ1n) is 7.27. The largest absolute Gasteiger partial charge is 0.495 e. The molecule has 118 valence electrons. The highest BCUT2D eigenvalue weighted by atomic mass is 32.2. The van der Waals surface area contributed by atoms with Crippen LogP contribution in [0.25, 0.3) is 0 Å². The van der Waals surface area contributed by atoms with Crippen molar-refractivity contribution in [3.63, 3.8) is 0 Å². The van der Waals surface area contributed by atoms with Crippen LogP contribution in [0, 0.1) is 18.8 Å². The zero-order valence-electron chi connectivity index (χ0n) is 12.8. The molecule has 2 unspecified atom stereocenters. The number of benzene rings is 1. The molecule has 0 aromatic heterocycles. The first-order chi connectivity index (χ1) is 9.83. The standard InChI is InChI=1S/C15H24N2O3S/c1-10-4-5-12(6-10)9-17-21(18,19)15-8-13(16)11(2)7-14(15)20-3/h7-8,10,12,17H,4-6,9,16H2,1-3H3. The normalized spacial score (nSPS) is 22.4. The molecule has 0 bridgehead atoms. The van der Waals surface area contributed by atoms with E-state index in [2.05, 4.69) is 11.6 Å². The Labute approximate surface area is 126 Å². The van der Waals surface area contributed by atoms with Crippen LogP contribution < -0.4 is 15.2 Å². The molecule has 0 saturated heterocycles. The zero-order valence-corrected chi connectivity index (χ0v) is 13.7. The van der Waals surface area contributed by atoms with Gasteiger partial charge >= 0.3 is 0 Å². The summed E-state index contributed by atoms with van der Waals surface area (Å²) in [5.74, 6) is 1.43. The number of aryl methyl sites for hydroxylation is 1. The van der Waals surface area contributed by atoms with Gasteiger partial charge in [0.2, 0.25) is 10.0 Å². The Hall–Kier alpha value is -1.27. The number of nitrogens with one attached hydrogen (secondary N) is 1. The monoisotopic (exact) mass is 312 g/mol. The lowest BCUT2D eigenvalue weighted by molar-refractivity contribution is 0.401. The quantitative estimate of drug-likeness (QED) is 0.817. The second-order valence-electron chi connectivity index (χ2n) is 6.00. The fourth-order valence-corrected chi connectivity index (χ4v) is 4.16. The van der Waals surface area contributed by atoms with E-state index in [4.69, 9.17) is 10.5 Å². The molecule has 0 heterocycles. The van der Waals surface area contributed by atoms with Gasteiger partial charge in [0.05, 0.1) is 7.11 Å². The van der Waals surface area contributed by atoms with Crippen molar-refractivity contribution in [1.29, 1.82) is 0 Å². The molecule has 0 amide bonds. The molecule has 2 atom stereocenters. The van der Waals surface area contributed by atoms with Crippen molar-refractivity contribution >= 4 is 15.7 Å². The molecular weight excluding hydrogens is 288 g/mol. The molecule has 1 aromatic rings. The number of nitrogens with two attached hydrogens (primary N) is 1. The molecule has 0 spiro atoms. The summed E-state index contributed by atoms with van der Waals surface area (Å²) in [6.45, 7) is 4.50. The lowest BCUT2D eigenvalue weighted by Crippen LogP contribution is -2.29. The van der Waals surface area contributed by atoms with Crippen LogP contribution in [-0.4, -0.2) is 22.1 Å². The molecule has 1 fully saturated rings. The molecule has 5 nitrogen and oxygen atoms in total. The summed E-state index contributed by atoms with van der Waals surface area (Å²) in [6.07, 6.45) is 3.33. The summed E-state index contributed by atoms with van der Waals surface area (Å²) in [7, 11) is -2.14. The molecule has 1 aromatic carbocycles. The molecule has 21 heavy (non-hydrogen) atoms. The molecule has 1 aliphatic rings. The van der Waals surface area contributed by atoms with E-state index < -0.39 is 10.0 Å². The number of anilines is 1. The third kappa shape index (κ3) is 3.68. The van der Waals surface area contributed by atoms with Crippen molar-refractivity contribution in [3.8, 4) is 5.75 Å². The van der Waals surface area contributed by atoms with E-state index in [0.29, 0.717) is 29.8 Å². The second-order valence-corrected chi connectivity index (χ2v) is 7.73. The van der Waals surface area contributed by atoms with Crippen LogP contribution >= 0.6 is 0 Å². The summed E-state index contributed by atoms with van der Waals surface area (Å²) in [5, 5.41) is 0. The number of nitrogen functional groups attached to an aromatic ring is 1. The van der Waals surface area contributed by atoms with Crippen LogP contribution in [0.2, 0.25) is 0 Å². The summed E-state index contributed by atoms with van der Waals surface area (Å²) in [6, 6.07) is 3.12. The molecule has 1 saturated carbocycles. The van der Waals surface area contributed by atoms with Crippen molar-refractivity contribution in [3.05, 3.63) is 17.7 Å². The number of rotatable bonds is 5. The van der Waals surface area contributed by atoms with Crippen molar-refractivity contribution in [1.82, 2.24) is 4.72 Å². The van der Waals surface area contributed by atoms with Gasteiger partial charge in [0.25, 0.3) is 0 Å². The highest BCUT2D eigenvalue weighted by Gasteiger charge is 2.25. The van der Waals surface area contributed by atoms with Crippen LogP contribution in [0.4, 0.5) is 5.69 Å². The highest BCUT2D eigenvalue weighted by molar-refractivity contribution is 7.89. The topological polar surface area (TPSA) is 81.4 Å². The second kappa shape index (κ2) is 6.23. The number of ether oxygens (including phenoxy) is 1. The van der Waals surface area contributed by atoms with E-state index in [1.54, 1.807) is 6.07 Å². The molecule has 2 rings (SSSR count). The highest BCUT2D eigenvalue weighted by Crippen LogP contribution is 2.31. The van der Waals surface area contributed by atoms with Gasteiger partial charge in [0.15, 0.2) is 0 Å². The maximum absolute atomic E-state index is 12.5. The maximum Gasteiger partial charge on any atom is 0.244 e. The van der Waals surface area contributed by atoms with Crippen LogP contribution in [0.5, 0.6) is 5.75 Å². The Kier molecular flexibility index (Phi) is 4.78. The van der Waals surface area contributed by atoms with E-state index in [-0.39, 0.29) is 4.90 Å². The van der Waals surface area contributed by atoms with Gasteiger partial charge < -0.3 is 10.5 Å². The molecule has 0 aliphatic heterocycles. The van der Waals surface area contributed by atoms with Gasteiger partial charge in [0.1, 0.15) is 10.6 Å². The molecular formula is C15H24N2O3S. The Bertz CT molecular complexity index is 614. The minimum Gasteiger partial charge on any atom is -0.495 e. The van der Waals surface area contributed by atoms with Gasteiger partial charge in [-0.25, -0.2) is 13.1 Å². The fourth-order valence-electron chi connectivity index (χ4n) is 2.86. The maximum atomic E-state index is 12.5. The van der Waals surface area contributed by atoms with Crippen molar-refractivity contribution in [2.24, 2.45) is 11.8 Å². The summed E-state index contributed by atoms with van der Waals surface area (Å²) < 4.78 is 32.8. The Morgan fingerprint density at radius 2 is 2.10 bits per heavy atom. The first kappa shape index (κ1) is 16.1. The van der Waals surface area contributed by atoms with Gasteiger partial charge in [-0.05, 0) is 49.3 Å². The van der Waals surface area contributed by atoms with Crippen LogP contribution in [0.3, 0.4) is 0 Å². The predicted molar refractivity (Wildman–Crippen MR) is 83.8 cm³/mol.